The molecule has 2 rings (SSSR count). The Bertz CT molecular complexity index is 555. The van der Waals surface area contributed by atoms with Crippen LogP contribution in [0.15, 0.2) is 53.1 Å². The highest BCUT2D eigenvalue weighted by Crippen LogP contribution is 2.25. The summed E-state index contributed by atoms with van der Waals surface area (Å²) in [5, 5.41) is 0. The molecule has 1 aromatic carbocycles. The van der Waals surface area contributed by atoms with Crippen LogP contribution >= 0.6 is 0 Å². The van der Waals surface area contributed by atoms with Crippen LogP contribution in [-0.4, -0.2) is 11.6 Å². The molecule has 0 aliphatic carbocycles. The number of hydrogen-bond donors (Lipinski definition) is 0. The molecule has 0 aliphatic rings. The topological polar surface area (TPSA) is 47.3 Å². The summed E-state index contributed by atoms with van der Waals surface area (Å²) in [5.41, 5.74) is 0.633. The normalized spacial score (nSPS) is 12.1. The van der Waals surface area contributed by atoms with Crippen molar-refractivity contribution in [2.24, 2.45) is 0 Å². The number of Topliss-reactive ketones (excluding diaryl/α,β-unsaturated/α-hetero) is 2. The Morgan fingerprint density at radius 1 is 1.10 bits per heavy atom. The minimum Gasteiger partial charge on any atom is -0.469 e. The number of ketones is 2. The summed E-state index contributed by atoms with van der Waals surface area (Å²) in [6.07, 6.45) is 2.94. The van der Waals surface area contributed by atoms with Gasteiger partial charge in [-0.05, 0) is 18.6 Å². The maximum absolute atomic E-state index is 12.3. The molecule has 0 N–H and O–H groups in total. The van der Waals surface area contributed by atoms with Crippen molar-refractivity contribution in [2.75, 3.05) is 0 Å². The second kappa shape index (κ2) is 6.85. The van der Waals surface area contributed by atoms with Gasteiger partial charge >= 0.3 is 0 Å². The molecule has 0 saturated heterocycles. The van der Waals surface area contributed by atoms with Gasteiger partial charge in [-0.2, -0.15) is 0 Å². The lowest BCUT2D eigenvalue weighted by Gasteiger charge is -2.12. The van der Waals surface area contributed by atoms with E-state index in [-0.39, 0.29) is 18.0 Å². The lowest BCUT2D eigenvalue weighted by atomic mass is 9.90. The van der Waals surface area contributed by atoms with E-state index in [0.717, 1.165) is 6.42 Å². The van der Waals surface area contributed by atoms with Crippen molar-refractivity contribution in [1.29, 1.82) is 0 Å². The molecule has 3 nitrogen and oxygen atoms in total. The van der Waals surface area contributed by atoms with Crippen LogP contribution in [0, 0.1) is 0 Å². The largest absolute Gasteiger partial charge is 0.469 e. The SMILES string of the molecule is CCCC(=O)C(CC(=O)c1ccccc1)c1ccco1. The average molecular weight is 270 g/mol. The monoisotopic (exact) mass is 270 g/mol. The van der Waals surface area contributed by atoms with E-state index in [2.05, 4.69) is 0 Å². The van der Waals surface area contributed by atoms with E-state index in [4.69, 9.17) is 4.42 Å². The molecular formula is C17H18O3. The number of hydrogen-bond acceptors (Lipinski definition) is 3. The quantitative estimate of drug-likeness (QED) is 0.714. The van der Waals surface area contributed by atoms with E-state index in [0.29, 0.717) is 17.7 Å². The number of benzene rings is 1. The first kappa shape index (κ1) is 14.3. The number of furan rings is 1. The van der Waals surface area contributed by atoms with Crippen molar-refractivity contribution in [3.05, 3.63) is 60.1 Å². The first-order chi connectivity index (χ1) is 9.72. The zero-order valence-electron chi connectivity index (χ0n) is 11.5. The van der Waals surface area contributed by atoms with Gasteiger partial charge in [-0.1, -0.05) is 37.3 Å². The fraction of sp³-hybridized carbons (Fsp3) is 0.294. The van der Waals surface area contributed by atoms with Crippen LogP contribution in [0.3, 0.4) is 0 Å². The molecule has 0 saturated carbocycles. The zero-order valence-corrected chi connectivity index (χ0v) is 11.5. The maximum atomic E-state index is 12.3. The fourth-order valence-corrected chi connectivity index (χ4v) is 2.21. The van der Waals surface area contributed by atoms with Crippen LogP contribution in [0.5, 0.6) is 0 Å². The standard InChI is InChI=1S/C17H18O3/c1-2-7-15(18)14(17-10-6-11-20-17)12-16(19)13-8-4-3-5-9-13/h3-6,8-11,14H,2,7,12H2,1H3. The third kappa shape index (κ3) is 3.44. The summed E-state index contributed by atoms with van der Waals surface area (Å²) in [5.74, 6) is 0.133. The van der Waals surface area contributed by atoms with Gasteiger partial charge in [0.2, 0.25) is 0 Å². The summed E-state index contributed by atoms with van der Waals surface area (Å²) in [6, 6.07) is 12.6. The lowest BCUT2D eigenvalue weighted by Crippen LogP contribution is -2.16. The minimum atomic E-state index is -0.474. The van der Waals surface area contributed by atoms with Crippen LogP contribution in [0.1, 0.15) is 48.2 Å². The molecule has 0 radical (unpaired) electrons. The molecule has 0 fully saturated rings. The van der Waals surface area contributed by atoms with Gasteiger partial charge in [0, 0.05) is 18.4 Å². The first-order valence-corrected chi connectivity index (χ1v) is 6.86. The molecule has 1 unspecified atom stereocenters. The summed E-state index contributed by atoms with van der Waals surface area (Å²) in [6.45, 7) is 1.95. The molecule has 0 bridgehead atoms. The van der Waals surface area contributed by atoms with Crippen LogP contribution in [0.2, 0.25) is 0 Å². The fourth-order valence-electron chi connectivity index (χ4n) is 2.21. The third-order valence-corrected chi connectivity index (χ3v) is 3.26. The van der Waals surface area contributed by atoms with Gasteiger partial charge < -0.3 is 4.42 Å². The summed E-state index contributed by atoms with van der Waals surface area (Å²) in [7, 11) is 0. The Morgan fingerprint density at radius 3 is 2.45 bits per heavy atom. The van der Waals surface area contributed by atoms with E-state index in [1.165, 1.54) is 6.26 Å². The molecule has 20 heavy (non-hydrogen) atoms. The molecule has 2 aromatic rings. The number of carbonyl (C=O) groups is 2. The molecule has 0 amide bonds. The molecular weight excluding hydrogens is 252 g/mol. The molecule has 1 heterocycles. The van der Waals surface area contributed by atoms with E-state index < -0.39 is 5.92 Å². The summed E-state index contributed by atoms with van der Waals surface area (Å²) < 4.78 is 5.33. The van der Waals surface area contributed by atoms with Crippen LogP contribution in [0.4, 0.5) is 0 Å². The minimum absolute atomic E-state index is 0.0311. The van der Waals surface area contributed by atoms with E-state index >= 15 is 0 Å². The number of carbonyl (C=O) groups excluding carboxylic acids is 2. The Labute approximate surface area is 118 Å². The predicted octanol–water partition coefficient (Wildman–Crippen LogP) is 4.01. The summed E-state index contributed by atoms with van der Waals surface area (Å²) >= 11 is 0. The van der Waals surface area contributed by atoms with E-state index in [1.54, 1.807) is 24.3 Å². The molecule has 104 valence electrons. The summed E-state index contributed by atoms with van der Waals surface area (Å²) in [4.78, 5) is 24.5. The Morgan fingerprint density at radius 2 is 1.85 bits per heavy atom. The predicted molar refractivity (Wildman–Crippen MR) is 76.8 cm³/mol. The molecule has 0 aliphatic heterocycles. The highest BCUT2D eigenvalue weighted by Gasteiger charge is 2.25. The van der Waals surface area contributed by atoms with Crippen molar-refractivity contribution in [3.8, 4) is 0 Å². The smallest absolute Gasteiger partial charge is 0.164 e. The Hall–Kier alpha value is -2.16. The van der Waals surface area contributed by atoms with Crippen LogP contribution < -0.4 is 0 Å². The average Bonchev–Trinajstić information content (AvgIpc) is 2.99. The van der Waals surface area contributed by atoms with Crippen LogP contribution in [0.25, 0.3) is 0 Å². The molecule has 0 spiro atoms. The second-order valence-electron chi connectivity index (χ2n) is 4.78. The highest BCUT2D eigenvalue weighted by atomic mass is 16.3. The second-order valence-corrected chi connectivity index (χ2v) is 4.78. The third-order valence-electron chi connectivity index (χ3n) is 3.26. The van der Waals surface area contributed by atoms with Crippen molar-refractivity contribution < 1.29 is 14.0 Å². The Balaban J connectivity index is 2.16. The molecule has 1 atom stereocenters. The van der Waals surface area contributed by atoms with Gasteiger partial charge in [0.05, 0.1) is 12.2 Å². The maximum Gasteiger partial charge on any atom is 0.164 e. The van der Waals surface area contributed by atoms with Crippen molar-refractivity contribution in [3.63, 3.8) is 0 Å². The van der Waals surface area contributed by atoms with Crippen molar-refractivity contribution in [2.45, 2.75) is 32.1 Å². The van der Waals surface area contributed by atoms with Gasteiger partial charge in [-0.25, -0.2) is 0 Å². The Kier molecular flexibility index (Phi) is 4.88. The highest BCUT2D eigenvalue weighted by molar-refractivity contribution is 6.00. The lowest BCUT2D eigenvalue weighted by molar-refractivity contribution is -0.120. The van der Waals surface area contributed by atoms with Gasteiger partial charge in [0.25, 0.3) is 0 Å². The first-order valence-electron chi connectivity index (χ1n) is 6.86. The zero-order chi connectivity index (χ0) is 14.4. The molecule has 1 aromatic heterocycles. The number of rotatable bonds is 7. The van der Waals surface area contributed by atoms with Crippen molar-refractivity contribution >= 4 is 11.6 Å². The van der Waals surface area contributed by atoms with Crippen LogP contribution in [-0.2, 0) is 4.79 Å². The van der Waals surface area contributed by atoms with Gasteiger partial charge in [-0.3, -0.25) is 9.59 Å². The van der Waals surface area contributed by atoms with Gasteiger partial charge in [0.15, 0.2) is 5.78 Å². The van der Waals surface area contributed by atoms with E-state index in [9.17, 15) is 9.59 Å². The van der Waals surface area contributed by atoms with Crippen molar-refractivity contribution in [1.82, 2.24) is 0 Å². The van der Waals surface area contributed by atoms with Gasteiger partial charge in [-0.15, -0.1) is 0 Å². The molecule has 3 heteroatoms. The van der Waals surface area contributed by atoms with Gasteiger partial charge in [0.1, 0.15) is 11.5 Å². The van der Waals surface area contributed by atoms with E-state index in [1.807, 2.05) is 25.1 Å².